The lowest BCUT2D eigenvalue weighted by Gasteiger charge is -2.05. The lowest BCUT2D eigenvalue weighted by molar-refractivity contribution is 0.677. The maximum Gasteiger partial charge on any atom is 0.0148 e. The van der Waals surface area contributed by atoms with Crippen LogP contribution in [0.1, 0.15) is 32.1 Å². The second-order valence-corrected chi connectivity index (χ2v) is 3.98. The van der Waals surface area contributed by atoms with Gasteiger partial charge in [-0.1, -0.05) is 28.1 Å². The lowest BCUT2D eigenvalue weighted by Crippen LogP contribution is -1.95. The zero-order valence-electron chi connectivity index (χ0n) is 7.06. The summed E-state index contributed by atoms with van der Waals surface area (Å²) in [4.78, 5) is 0.667. The first-order chi connectivity index (χ1) is 5.31. The second kappa shape index (κ2) is 8.06. The summed E-state index contributed by atoms with van der Waals surface area (Å²) in [5.41, 5.74) is 0. The van der Waals surface area contributed by atoms with Gasteiger partial charge < -0.3 is 0 Å². The van der Waals surface area contributed by atoms with Crippen LogP contribution in [0.5, 0.6) is 0 Å². The molecule has 0 amide bonds. The van der Waals surface area contributed by atoms with E-state index in [1.807, 2.05) is 12.2 Å². The molecule has 0 aliphatic carbocycles. The molecule has 0 bridgehead atoms. The van der Waals surface area contributed by atoms with Gasteiger partial charge in [-0.15, -0.1) is 13.2 Å². The first-order valence-electron chi connectivity index (χ1n) is 4.17. The van der Waals surface area contributed by atoms with Gasteiger partial charge in [-0.25, -0.2) is 0 Å². The zero-order chi connectivity index (χ0) is 8.53. The predicted octanol–water partition coefficient (Wildman–Crippen LogP) is 4.07. The van der Waals surface area contributed by atoms with Crippen LogP contribution >= 0.6 is 15.9 Å². The van der Waals surface area contributed by atoms with Gasteiger partial charge in [0.05, 0.1) is 0 Å². The maximum absolute atomic E-state index is 3.69. The van der Waals surface area contributed by atoms with Crippen molar-refractivity contribution in [3.05, 3.63) is 25.3 Å². The molecule has 0 fully saturated rings. The normalized spacial score (nSPS) is 12.5. The summed E-state index contributed by atoms with van der Waals surface area (Å²) in [5.74, 6) is 0. The molecule has 0 rings (SSSR count). The van der Waals surface area contributed by atoms with E-state index < -0.39 is 0 Å². The third kappa shape index (κ3) is 7.86. The smallest absolute Gasteiger partial charge is 0.0148 e. The van der Waals surface area contributed by atoms with Crippen molar-refractivity contribution in [2.24, 2.45) is 0 Å². The minimum atomic E-state index is 0.667. The predicted molar refractivity (Wildman–Crippen MR) is 56.2 cm³/mol. The van der Waals surface area contributed by atoms with E-state index in [4.69, 9.17) is 0 Å². The molecule has 0 aromatic carbocycles. The van der Waals surface area contributed by atoms with E-state index in [0.29, 0.717) is 4.83 Å². The van der Waals surface area contributed by atoms with E-state index >= 15 is 0 Å². The van der Waals surface area contributed by atoms with Gasteiger partial charge in [-0.05, 0) is 32.1 Å². The standard InChI is InChI=1S/C10H17Br/c1-3-5-7-9-10(11)8-6-4-2/h3-4,10H,1-2,5-9H2. The van der Waals surface area contributed by atoms with E-state index in [1.165, 1.54) is 19.3 Å². The molecule has 0 saturated carbocycles. The number of hydrogen-bond donors (Lipinski definition) is 0. The van der Waals surface area contributed by atoms with Gasteiger partial charge in [0.25, 0.3) is 0 Å². The maximum atomic E-state index is 3.69. The molecule has 0 aromatic heterocycles. The molecule has 0 aliphatic heterocycles. The Kier molecular flexibility index (Phi) is 8.03. The largest absolute Gasteiger partial charge is 0.103 e. The van der Waals surface area contributed by atoms with Crippen LogP contribution < -0.4 is 0 Å². The summed E-state index contributed by atoms with van der Waals surface area (Å²) < 4.78 is 0. The lowest BCUT2D eigenvalue weighted by atomic mass is 10.1. The molecule has 0 nitrogen and oxygen atoms in total. The number of unbranched alkanes of at least 4 members (excludes halogenated alkanes) is 1. The molecule has 0 aromatic rings. The molecule has 0 radical (unpaired) electrons. The second-order valence-electron chi connectivity index (χ2n) is 2.68. The third-order valence-electron chi connectivity index (χ3n) is 1.61. The zero-order valence-corrected chi connectivity index (χ0v) is 8.65. The van der Waals surface area contributed by atoms with Crippen molar-refractivity contribution in [2.45, 2.75) is 36.9 Å². The monoisotopic (exact) mass is 216 g/mol. The van der Waals surface area contributed by atoms with E-state index in [2.05, 4.69) is 29.1 Å². The van der Waals surface area contributed by atoms with Gasteiger partial charge in [0, 0.05) is 4.83 Å². The molecule has 0 spiro atoms. The molecule has 1 heteroatoms. The van der Waals surface area contributed by atoms with Crippen molar-refractivity contribution in [1.82, 2.24) is 0 Å². The van der Waals surface area contributed by atoms with Crippen molar-refractivity contribution in [3.63, 3.8) is 0 Å². The summed E-state index contributed by atoms with van der Waals surface area (Å²) in [5, 5.41) is 0. The number of halogens is 1. The van der Waals surface area contributed by atoms with Crippen molar-refractivity contribution in [3.8, 4) is 0 Å². The van der Waals surface area contributed by atoms with Crippen LogP contribution in [0.2, 0.25) is 0 Å². The van der Waals surface area contributed by atoms with Crippen molar-refractivity contribution >= 4 is 15.9 Å². The van der Waals surface area contributed by atoms with Gasteiger partial charge in [0.2, 0.25) is 0 Å². The first-order valence-corrected chi connectivity index (χ1v) is 5.08. The Balaban J connectivity index is 3.14. The summed E-state index contributed by atoms with van der Waals surface area (Å²) in [6, 6.07) is 0. The highest BCUT2D eigenvalue weighted by Crippen LogP contribution is 2.15. The molecule has 64 valence electrons. The number of alkyl halides is 1. The topological polar surface area (TPSA) is 0 Å². The highest BCUT2D eigenvalue weighted by atomic mass is 79.9. The van der Waals surface area contributed by atoms with Crippen LogP contribution in [0.15, 0.2) is 25.3 Å². The minimum absolute atomic E-state index is 0.667. The van der Waals surface area contributed by atoms with Crippen molar-refractivity contribution in [2.75, 3.05) is 0 Å². The molecular weight excluding hydrogens is 200 g/mol. The average molecular weight is 217 g/mol. The van der Waals surface area contributed by atoms with Crippen LogP contribution in [-0.4, -0.2) is 4.83 Å². The van der Waals surface area contributed by atoms with E-state index in [9.17, 15) is 0 Å². The molecule has 11 heavy (non-hydrogen) atoms. The van der Waals surface area contributed by atoms with Gasteiger partial charge in [-0.3, -0.25) is 0 Å². The Morgan fingerprint density at radius 1 is 1.09 bits per heavy atom. The van der Waals surface area contributed by atoms with Gasteiger partial charge in [-0.2, -0.15) is 0 Å². The summed E-state index contributed by atoms with van der Waals surface area (Å²) in [7, 11) is 0. The molecule has 0 N–H and O–H groups in total. The minimum Gasteiger partial charge on any atom is -0.103 e. The first kappa shape index (κ1) is 11.0. The van der Waals surface area contributed by atoms with E-state index in [-0.39, 0.29) is 0 Å². The fourth-order valence-electron chi connectivity index (χ4n) is 0.927. The van der Waals surface area contributed by atoms with Crippen molar-refractivity contribution in [1.29, 1.82) is 0 Å². The van der Waals surface area contributed by atoms with Crippen molar-refractivity contribution < 1.29 is 0 Å². The van der Waals surface area contributed by atoms with Crippen LogP contribution in [0.3, 0.4) is 0 Å². The number of allylic oxidation sites excluding steroid dienone is 2. The quantitative estimate of drug-likeness (QED) is 0.342. The molecule has 1 unspecified atom stereocenters. The highest BCUT2D eigenvalue weighted by molar-refractivity contribution is 9.09. The van der Waals surface area contributed by atoms with Gasteiger partial charge in [0.1, 0.15) is 0 Å². The Labute approximate surface area is 78.5 Å². The van der Waals surface area contributed by atoms with Crippen LogP contribution in [0, 0.1) is 0 Å². The third-order valence-corrected chi connectivity index (χ3v) is 2.53. The fraction of sp³-hybridized carbons (Fsp3) is 0.600. The molecule has 0 saturated heterocycles. The summed E-state index contributed by atoms with van der Waals surface area (Å²) in [6.07, 6.45) is 9.91. The summed E-state index contributed by atoms with van der Waals surface area (Å²) in [6.45, 7) is 7.38. The Bertz CT molecular complexity index is 107. The highest BCUT2D eigenvalue weighted by Gasteiger charge is 2.00. The van der Waals surface area contributed by atoms with Crippen LogP contribution in [-0.2, 0) is 0 Å². The van der Waals surface area contributed by atoms with Gasteiger partial charge >= 0.3 is 0 Å². The Hall–Kier alpha value is -0.0400. The van der Waals surface area contributed by atoms with Crippen LogP contribution in [0.25, 0.3) is 0 Å². The van der Waals surface area contributed by atoms with E-state index in [0.717, 1.165) is 12.8 Å². The summed E-state index contributed by atoms with van der Waals surface area (Å²) >= 11 is 3.63. The Morgan fingerprint density at radius 3 is 2.27 bits per heavy atom. The van der Waals surface area contributed by atoms with Crippen LogP contribution in [0.4, 0.5) is 0 Å². The molecular formula is C10H17Br. The fourth-order valence-corrected chi connectivity index (χ4v) is 1.51. The SMILES string of the molecule is C=CCCCC(Br)CCC=C. The average Bonchev–Trinajstić information content (AvgIpc) is 2.01. The number of rotatable bonds is 7. The Morgan fingerprint density at radius 2 is 1.73 bits per heavy atom. The molecule has 1 atom stereocenters. The van der Waals surface area contributed by atoms with Gasteiger partial charge in [0.15, 0.2) is 0 Å². The number of hydrogen-bond acceptors (Lipinski definition) is 0. The molecule has 0 aliphatic rings. The molecule has 0 heterocycles. The van der Waals surface area contributed by atoms with E-state index in [1.54, 1.807) is 0 Å².